The molecule has 1 rings (SSSR count). The molecule has 0 bridgehead atoms. The molecule has 1 saturated heterocycles. The number of amides is 2. The molecule has 6 nitrogen and oxygen atoms in total. The van der Waals surface area contributed by atoms with Crippen LogP contribution >= 0.6 is 0 Å². The van der Waals surface area contributed by atoms with Gasteiger partial charge in [-0.2, -0.15) is 0 Å². The molecule has 1 aliphatic rings. The lowest BCUT2D eigenvalue weighted by Crippen LogP contribution is -2.47. The second kappa shape index (κ2) is 10.6. The van der Waals surface area contributed by atoms with Crippen molar-refractivity contribution in [1.29, 1.82) is 0 Å². The quantitative estimate of drug-likeness (QED) is 0.631. The Morgan fingerprint density at radius 2 is 1.86 bits per heavy atom. The molecule has 1 fully saturated rings. The zero-order chi connectivity index (χ0) is 15.5. The van der Waals surface area contributed by atoms with Crippen LogP contribution in [0.15, 0.2) is 0 Å². The lowest BCUT2D eigenvalue weighted by atomic mass is 10.2. The summed E-state index contributed by atoms with van der Waals surface area (Å²) >= 11 is 0. The van der Waals surface area contributed by atoms with Gasteiger partial charge in [0.1, 0.15) is 0 Å². The van der Waals surface area contributed by atoms with Crippen molar-refractivity contribution in [3.63, 3.8) is 0 Å². The smallest absolute Gasteiger partial charge is 0.234 e. The molecular weight excluding hydrogens is 268 g/mol. The van der Waals surface area contributed by atoms with Gasteiger partial charge >= 0.3 is 0 Å². The molecule has 1 heterocycles. The normalized spacial score (nSPS) is 15.3. The SMILES string of the molecule is CCCNC(=O)CN(CCC)CCC(=O)N1CCNCC1. The van der Waals surface area contributed by atoms with Crippen LogP contribution in [0.25, 0.3) is 0 Å². The largest absolute Gasteiger partial charge is 0.355 e. The van der Waals surface area contributed by atoms with E-state index in [0.29, 0.717) is 19.5 Å². The van der Waals surface area contributed by atoms with E-state index >= 15 is 0 Å². The van der Waals surface area contributed by atoms with Crippen molar-refractivity contribution >= 4 is 11.8 Å². The van der Waals surface area contributed by atoms with Crippen LogP contribution < -0.4 is 10.6 Å². The maximum Gasteiger partial charge on any atom is 0.234 e. The van der Waals surface area contributed by atoms with Crippen molar-refractivity contribution in [2.24, 2.45) is 0 Å². The highest BCUT2D eigenvalue weighted by Gasteiger charge is 2.17. The molecule has 6 heteroatoms. The van der Waals surface area contributed by atoms with Gasteiger partial charge in [0.25, 0.3) is 0 Å². The van der Waals surface area contributed by atoms with E-state index in [1.165, 1.54) is 0 Å². The lowest BCUT2D eigenvalue weighted by molar-refractivity contribution is -0.132. The highest BCUT2D eigenvalue weighted by Crippen LogP contribution is 2.00. The van der Waals surface area contributed by atoms with Crippen molar-refractivity contribution in [3.05, 3.63) is 0 Å². The highest BCUT2D eigenvalue weighted by molar-refractivity contribution is 5.78. The minimum absolute atomic E-state index is 0.0555. The number of hydrogen-bond acceptors (Lipinski definition) is 4. The van der Waals surface area contributed by atoms with Gasteiger partial charge in [-0.05, 0) is 19.4 Å². The molecule has 0 aromatic heterocycles. The summed E-state index contributed by atoms with van der Waals surface area (Å²) in [7, 11) is 0. The summed E-state index contributed by atoms with van der Waals surface area (Å²) in [5, 5.41) is 6.13. The predicted molar refractivity (Wildman–Crippen MR) is 84.1 cm³/mol. The van der Waals surface area contributed by atoms with Crippen LogP contribution in [0, 0.1) is 0 Å². The Morgan fingerprint density at radius 3 is 2.48 bits per heavy atom. The third kappa shape index (κ3) is 7.43. The van der Waals surface area contributed by atoms with Crippen molar-refractivity contribution in [1.82, 2.24) is 20.4 Å². The molecule has 0 aromatic carbocycles. The van der Waals surface area contributed by atoms with E-state index in [4.69, 9.17) is 0 Å². The number of carbonyl (C=O) groups is 2. The van der Waals surface area contributed by atoms with Crippen molar-refractivity contribution in [3.8, 4) is 0 Å². The van der Waals surface area contributed by atoms with E-state index in [2.05, 4.69) is 22.5 Å². The summed E-state index contributed by atoms with van der Waals surface area (Å²) in [6, 6.07) is 0. The van der Waals surface area contributed by atoms with Gasteiger partial charge in [0, 0.05) is 45.7 Å². The summed E-state index contributed by atoms with van der Waals surface area (Å²) in [5.41, 5.74) is 0. The van der Waals surface area contributed by atoms with E-state index in [9.17, 15) is 9.59 Å². The Kier molecular flexibility index (Phi) is 9.01. The third-order valence-electron chi connectivity index (χ3n) is 3.59. The summed E-state index contributed by atoms with van der Waals surface area (Å²) in [4.78, 5) is 27.9. The van der Waals surface area contributed by atoms with Gasteiger partial charge in [0.15, 0.2) is 0 Å². The Morgan fingerprint density at radius 1 is 1.14 bits per heavy atom. The zero-order valence-corrected chi connectivity index (χ0v) is 13.5. The van der Waals surface area contributed by atoms with E-state index in [-0.39, 0.29) is 11.8 Å². The van der Waals surface area contributed by atoms with Gasteiger partial charge < -0.3 is 15.5 Å². The van der Waals surface area contributed by atoms with Crippen LogP contribution in [0.5, 0.6) is 0 Å². The molecule has 0 spiro atoms. The van der Waals surface area contributed by atoms with Gasteiger partial charge in [-0.3, -0.25) is 14.5 Å². The van der Waals surface area contributed by atoms with Crippen molar-refractivity contribution < 1.29 is 9.59 Å². The molecule has 21 heavy (non-hydrogen) atoms. The van der Waals surface area contributed by atoms with Crippen LogP contribution in [-0.2, 0) is 9.59 Å². The molecule has 0 unspecified atom stereocenters. The third-order valence-corrected chi connectivity index (χ3v) is 3.59. The molecule has 0 radical (unpaired) electrons. The van der Waals surface area contributed by atoms with Crippen LogP contribution in [0.2, 0.25) is 0 Å². The number of carbonyl (C=O) groups excluding carboxylic acids is 2. The van der Waals surface area contributed by atoms with Gasteiger partial charge in [-0.25, -0.2) is 0 Å². The molecule has 0 aromatic rings. The molecule has 122 valence electrons. The molecule has 0 saturated carbocycles. The zero-order valence-electron chi connectivity index (χ0n) is 13.5. The Labute approximate surface area is 128 Å². The van der Waals surface area contributed by atoms with E-state index in [1.807, 2.05) is 11.8 Å². The lowest BCUT2D eigenvalue weighted by Gasteiger charge is -2.28. The number of piperazine rings is 1. The van der Waals surface area contributed by atoms with Crippen molar-refractivity contribution in [2.75, 3.05) is 52.4 Å². The molecule has 0 atom stereocenters. The predicted octanol–water partition coefficient (Wildman–Crippen LogP) is 0.0465. The fraction of sp³-hybridized carbons (Fsp3) is 0.867. The molecule has 0 aliphatic carbocycles. The first-order valence-electron chi connectivity index (χ1n) is 8.14. The first-order chi connectivity index (χ1) is 10.2. The first-order valence-corrected chi connectivity index (χ1v) is 8.14. The minimum atomic E-state index is 0.0555. The van der Waals surface area contributed by atoms with Crippen LogP contribution in [0.3, 0.4) is 0 Å². The topological polar surface area (TPSA) is 64.7 Å². The number of nitrogens with one attached hydrogen (secondary N) is 2. The number of nitrogens with zero attached hydrogens (tertiary/aromatic N) is 2. The summed E-state index contributed by atoms with van der Waals surface area (Å²) < 4.78 is 0. The molecule has 2 amide bonds. The second-order valence-corrected chi connectivity index (χ2v) is 5.51. The Balaban J connectivity index is 2.31. The fourth-order valence-electron chi connectivity index (χ4n) is 2.44. The average Bonchev–Trinajstić information content (AvgIpc) is 2.51. The average molecular weight is 298 g/mol. The van der Waals surface area contributed by atoms with Crippen LogP contribution in [0.4, 0.5) is 0 Å². The monoisotopic (exact) mass is 298 g/mol. The van der Waals surface area contributed by atoms with Crippen LogP contribution in [0.1, 0.15) is 33.1 Å². The first kappa shape index (κ1) is 17.9. The standard InChI is InChI=1S/C15H30N4O2/c1-3-6-17-14(20)13-18(9-4-2)10-5-15(21)19-11-7-16-8-12-19/h16H,3-13H2,1-2H3,(H,17,20). The molecular formula is C15H30N4O2. The number of hydrogen-bond donors (Lipinski definition) is 2. The summed E-state index contributed by atoms with van der Waals surface area (Å²) in [6.45, 7) is 10.1. The van der Waals surface area contributed by atoms with Gasteiger partial charge in [0.2, 0.25) is 11.8 Å². The Bertz CT molecular complexity index is 317. The minimum Gasteiger partial charge on any atom is -0.355 e. The molecule has 1 aliphatic heterocycles. The second-order valence-electron chi connectivity index (χ2n) is 5.51. The summed E-state index contributed by atoms with van der Waals surface area (Å²) in [6.07, 6.45) is 2.44. The van der Waals surface area contributed by atoms with Gasteiger partial charge in [-0.1, -0.05) is 13.8 Å². The summed E-state index contributed by atoms with van der Waals surface area (Å²) in [5.74, 6) is 0.256. The van der Waals surface area contributed by atoms with Gasteiger partial charge in [0.05, 0.1) is 6.54 Å². The molecule has 2 N–H and O–H groups in total. The fourth-order valence-corrected chi connectivity index (χ4v) is 2.44. The van der Waals surface area contributed by atoms with E-state index < -0.39 is 0 Å². The highest BCUT2D eigenvalue weighted by atomic mass is 16.2. The maximum absolute atomic E-state index is 12.1. The van der Waals surface area contributed by atoms with Crippen molar-refractivity contribution in [2.45, 2.75) is 33.1 Å². The Hall–Kier alpha value is -1.14. The van der Waals surface area contributed by atoms with Crippen LogP contribution in [-0.4, -0.2) is 74.0 Å². The van der Waals surface area contributed by atoms with E-state index in [1.54, 1.807) is 0 Å². The number of rotatable bonds is 9. The maximum atomic E-state index is 12.1. The van der Waals surface area contributed by atoms with Gasteiger partial charge in [-0.15, -0.1) is 0 Å². The van der Waals surface area contributed by atoms with E-state index in [0.717, 1.165) is 52.1 Å².